The minimum absolute atomic E-state index is 0.0503. The molecule has 2 aromatic carbocycles. The van der Waals surface area contributed by atoms with E-state index in [0.717, 1.165) is 22.3 Å². The Bertz CT molecular complexity index is 1110. The maximum Gasteiger partial charge on any atom is 0.189 e. The molecule has 0 aliphatic heterocycles. The first kappa shape index (κ1) is 21.0. The first-order valence-corrected chi connectivity index (χ1v) is 10.1. The van der Waals surface area contributed by atoms with Gasteiger partial charge in [0.15, 0.2) is 5.43 Å². The zero-order valence-electron chi connectivity index (χ0n) is 18.5. The third-order valence-electron chi connectivity index (χ3n) is 5.17. The van der Waals surface area contributed by atoms with E-state index in [1.807, 2.05) is 29.7 Å². The molecule has 0 saturated heterocycles. The summed E-state index contributed by atoms with van der Waals surface area (Å²) in [7, 11) is 0. The highest BCUT2D eigenvalue weighted by molar-refractivity contribution is 5.82. The van der Waals surface area contributed by atoms with Gasteiger partial charge < -0.3 is 14.4 Å². The van der Waals surface area contributed by atoms with Crippen molar-refractivity contribution in [3.63, 3.8) is 0 Å². The third kappa shape index (κ3) is 4.02. The van der Waals surface area contributed by atoms with Gasteiger partial charge in [0.05, 0.1) is 17.8 Å². The Kier molecular flexibility index (Phi) is 5.24. The minimum Gasteiger partial charge on any atom is -0.508 e. The van der Waals surface area contributed by atoms with Gasteiger partial charge in [-0.15, -0.1) is 0 Å². The quantitative estimate of drug-likeness (QED) is 0.622. The highest BCUT2D eigenvalue weighted by atomic mass is 16.5. The Morgan fingerprint density at radius 3 is 2.17 bits per heavy atom. The van der Waals surface area contributed by atoms with Crippen molar-refractivity contribution in [3.05, 3.63) is 63.9 Å². The smallest absolute Gasteiger partial charge is 0.189 e. The van der Waals surface area contributed by atoms with Crippen LogP contribution in [0.1, 0.15) is 59.6 Å². The number of nitrogens with zero attached hydrogens (tertiary/aromatic N) is 1. The molecule has 29 heavy (non-hydrogen) atoms. The average molecular weight is 394 g/mol. The summed E-state index contributed by atoms with van der Waals surface area (Å²) in [5.74, 6) is 0.940. The predicted octanol–water partition coefficient (Wildman–Crippen LogP) is 5.69. The molecule has 0 atom stereocenters. The fraction of sp³-hybridized carbons (Fsp3) is 0.400. The zero-order chi connectivity index (χ0) is 21.6. The molecule has 3 rings (SSSR count). The number of hydrogen-bond acceptors (Lipinski definition) is 3. The number of rotatable bonds is 3. The van der Waals surface area contributed by atoms with Crippen molar-refractivity contribution >= 4 is 10.9 Å². The summed E-state index contributed by atoms with van der Waals surface area (Å²) < 4.78 is 7.56. The molecule has 1 heterocycles. The van der Waals surface area contributed by atoms with Crippen LogP contribution in [0.3, 0.4) is 0 Å². The normalized spacial score (nSPS) is 12.4. The largest absolute Gasteiger partial charge is 0.508 e. The number of hydrogen-bond donors (Lipinski definition) is 1. The summed E-state index contributed by atoms with van der Waals surface area (Å²) in [6, 6.07) is 11.1. The summed E-state index contributed by atoms with van der Waals surface area (Å²) in [6.07, 6.45) is 1.78. The van der Waals surface area contributed by atoms with Gasteiger partial charge in [-0.05, 0) is 53.1 Å². The molecule has 0 unspecified atom stereocenters. The number of benzene rings is 2. The van der Waals surface area contributed by atoms with E-state index >= 15 is 0 Å². The first-order valence-electron chi connectivity index (χ1n) is 10.1. The summed E-state index contributed by atoms with van der Waals surface area (Å²) >= 11 is 0. The van der Waals surface area contributed by atoms with E-state index in [4.69, 9.17) is 4.74 Å². The van der Waals surface area contributed by atoms with E-state index in [-0.39, 0.29) is 22.0 Å². The maximum atomic E-state index is 12.5. The molecule has 0 aliphatic carbocycles. The van der Waals surface area contributed by atoms with Gasteiger partial charge in [0, 0.05) is 23.7 Å². The van der Waals surface area contributed by atoms with Crippen LogP contribution in [0.2, 0.25) is 0 Å². The van der Waals surface area contributed by atoms with Gasteiger partial charge in [0.1, 0.15) is 11.5 Å². The lowest BCUT2D eigenvalue weighted by Gasteiger charge is -2.29. The molecule has 3 aromatic rings. The molecule has 4 heteroatoms. The van der Waals surface area contributed by atoms with Gasteiger partial charge in [0.2, 0.25) is 0 Å². The zero-order valence-corrected chi connectivity index (χ0v) is 18.5. The van der Waals surface area contributed by atoms with Crippen LogP contribution in [-0.2, 0) is 10.8 Å². The van der Waals surface area contributed by atoms with Gasteiger partial charge in [-0.3, -0.25) is 4.79 Å². The van der Waals surface area contributed by atoms with Gasteiger partial charge in [-0.1, -0.05) is 41.5 Å². The van der Waals surface area contributed by atoms with Crippen LogP contribution in [0.5, 0.6) is 11.5 Å². The average Bonchev–Trinajstić information content (AvgIpc) is 2.60. The van der Waals surface area contributed by atoms with Crippen LogP contribution in [0.15, 0.2) is 47.4 Å². The molecular weight excluding hydrogens is 362 g/mol. The molecule has 1 aromatic heterocycles. The Hall–Kier alpha value is -2.75. The Balaban J connectivity index is 2.36. The lowest BCUT2D eigenvalue weighted by Crippen LogP contribution is -2.20. The number of aromatic nitrogens is 1. The molecule has 0 spiro atoms. The monoisotopic (exact) mass is 393 g/mol. The van der Waals surface area contributed by atoms with Crippen molar-refractivity contribution in [1.29, 1.82) is 0 Å². The van der Waals surface area contributed by atoms with Crippen LogP contribution < -0.4 is 10.2 Å². The molecule has 0 bridgehead atoms. The fourth-order valence-corrected chi connectivity index (χ4v) is 3.68. The number of aromatic hydroxyl groups is 1. The Morgan fingerprint density at radius 1 is 0.931 bits per heavy atom. The molecule has 0 aliphatic rings. The van der Waals surface area contributed by atoms with Crippen molar-refractivity contribution in [2.75, 3.05) is 6.61 Å². The van der Waals surface area contributed by atoms with Crippen molar-refractivity contribution < 1.29 is 9.84 Å². The summed E-state index contributed by atoms with van der Waals surface area (Å²) in [5, 5.41) is 11.4. The standard InChI is InChI=1S/C25H31NO3/c1-8-29-16-9-10-20-17(13-16)22(27)11-12-26(20)21-15-23(28)19(25(5,6)7)14-18(21)24(2,3)4/h9-15,28H,8H2,1-7H3. The van der Waals surface area contributed by atoms with Crippen molar-refractivity contribution in [1.82, 2.24) is 4.57 Å². The van der Waals surface area contributed by atoms with E-state index in [2.05, 4.69) is 47.6 Å². The summed E-state index contributed by atoms with van der Waals surface area (Å²) in [5.41, 5.74) is 3.30. The molecular formula is C25H31NO3. The van der Waals surface area contributed by atoms with Gasteiger partial charge in [0.25, 0.3) is 0 Å². The van der Waals surface area contributed by atoms with Gasteiger partial charge >= 0.3 is 0 Å². The molecule has 1 N–H and O–H groups in total. The SMILES string of the molecule is CCOc1ccc2c(c1)c(=O)ccn2-c1cc(O)c(C(C)(C)C)cc1C(C)(C)C. The molecule has 0 amide bonds. The fourth-order valence-electron chi connectivity index (χ4n) is 3.68. The number of phenolic OH excluding ortho intramolecular Hbond substituents is 1. The molecule has 0 saturated carbocycles. The Morgan fingerprint density at radius 2 is 1.59 bits per heavy atom. The third-order valence-corrected chi connectivity index (χ3v) is 5.17. The molecule has 4 nitrogen and oxygen atoms in total. The lowest BCUT2D eigenvalue weighted by atomic mass is 9.79. The molecule has 154 valence electrons. The second-order valence-electron chi connectivity index (χ2n) is 9.55. The number of pyridine rings is 1. The van der Waals surface area contributed by atoms with E-state index in [1.165, 1.54) is 0 Å². The van der Waals surface area contributed by atoms with E-state index in [9.17, 15) is 9.90 Å². The van der Waals surface area contributed by atoms with E-state index < -0.39 is 0 Å². The summed E-state index contributed by atoms with van der Waals surface area (Å²) in [6.45, 7) is 15.2. The van der Waals surface area contributed by atoms with E-state index in [1.54, 1.807) is 18.3 Å². The highest BCUT2D eigenvalue weighted by Crippen LogP contribution is 2.39. The summed E-state index contributed by atoms with van der Waals surface area (Å²) in [4.78, 5) is 12.5. The van der Waals surface area contributed by atoms with Crippen LogP contribution >= 0.6 is 0 Å². The maximum absolute atomic E-state index is 12.5. The number of ether oxygens (including phenoxy) is 1. The first-order chi connectivity index (χ1) is 13.4. The number of fused-ring (bicyclic) bond motifs is 1. The second kappa shape index (κ2) is 7.25. The lowest BCUT2D eigenvalue weighted by molar-refractivity contribution is 0.340. The van der Waals surface area contributed by atoms with Crippen LogP contribution in [-0.4, -0.2) is 16.3 Å². The highest BCUT2D eigenvalue weighted by Gasteiger charge is 2.26. The van der Waals surface area contributed by atoms with Gasteiger partial charge in [-0.25, -0.2) is 0 Å². The van der Waals surface area contributed by atoms with Crippen molar-refractivity contribution in [3.8, 4) is 17.2 Å². The van der Waals surface area contributed by atoms with Crippen molar-refractivity contribution in [2.45, 2.75) is 59.3 Å². The van der Waals surface area contributed by atoms with Gasteiger partial charge in [-0.2, -0.15) is 0 Å². The minimum atomic E-state index is -0.180. The topological polar surface area (TPSA) is 51.5 Å². The van der Waals surface area contributed by atoms with Crippen LogP contribution in [0, 0.1) is 0 Å². The molecule has 0 radical (unpaired) electrons. The van der Waals surface area contributed by atoms with Crippen LogP contribution in [0.4, 0.5) is 0 Å². The van der Waals surface area contributed by atoms with Crippen molar-refractivity contribution in [2.24, 2.45) is 0 Å². The molecule has 0 fully saturated rings. The van der Waals surface area contributed by atoms with E-state index in [0.29, 0.717) is 17.7 Å². The number of phenols is 1. The Labute approximate surface area is 172 Å². The van der Waals surface area contributed by atoms with Crippen LogP contribution in [0.25, 0.3) is 16.6 Å². The predicted molar refractivity (Wildman–Crippen MR) is 120 cm³/mol. The second-order valence-corrected chi connectivity index (χ2v) is 9.55.